The molecule has 1 aliphatic heterocycles. The van der Waals surface area contributed by atoms with Crippen LogP contribution in [0.1, 0.15) is 81.3 Å². The fourth-order valence-electron chi connectivity index (χ4n) is 6.61. The van der Waals surface area contributed by atoms with E-state index in [1.54, 1.807) is 19.1 Å². The van der Waals surface area contributed by atoms with Gasteiger partial charge in [-0.05, 0) is 85.3 Å². The topological polar surface area (TPSA) is 202 Å². The minimum Gasteiger partial charge on any atom is -0.493 e. The van der Waals surface area contributed by atoms with Gasteiger partial charge in [-0.15, -0.1) is 10.1 Å². The SMILES string of the molecule is COCCCOc1cc(C[C@@H](C[C@H](N)[C@@H](O)C[C@H](C(=O)NC2CCN(C(=O)COC(=O)c3ccc(CO[N+](=O)[O-])cc3)CC2)C(C)C)C(C)C)ccc1OC. The molecule has 0 radical (unpaired) electrons. The Morgan fingerprint density at radius 2 is 1.64 bits per heavy atom. The van der Waals surface area contributed by atoms with E-state index >= 15 is 0 Å². The molecule has 0 unspecified atom stereocenters. The van der Waals surface area contributed by atoms with Crippen LogP contribution in [0, 0.1) is 33.8 Å². The highest BCUT2D eigenvalue weighted by Gasteiger charge is 2.32. The molecule has 1 saturated heterocycles. The van der Waals surface area contributed by atoms with Crippen molar-refractivity contribution < 1.29 is 48.4 Å². The molecule has 15 nitrogen and oxygen atoms in total. The first-order valence-electron chi connectivity index (χ1n) is 19.1. The number of aliphatic hydroxyl groups excluding tert-OH is 1. The van der Waals surface area contributed by atoms with E-state index in [-0.39, 0.29) is 48.3 Å². The number of hydrogen-bond donors (Lipinski definition) is 3. The van der Waals surface area contributed by atoms with Crippen LogP contribution in [0.15, 0.2) is 42.5 Å². The van der Waals surface area contributed by atoms with Crippen LogP contribution in [0.3, 0.4) is 0 Å². The molecule has 2 aromatic carbocycles. The molecule has 0 saturated carbocycles. The zero-order valence-electron chi connectivity index (χ0n) is 33.1. The van der Waals surface area contributed by atoms with Crippen molar-refractivity contribution in [3.63, 3.8) is 0 Å². The smallest absolute Gasteiger partial charge is 0.338 e. The van der Waals surface area contributed by atoms with Gasteiger partial charge >= 0.3 is 5.97 Å². The van der Waals surface area contributed by atoms with Gasteiger partial charge in [0.2, 0.25) is 5.91 Å². The monoisotopic (exact) mass is 772 g/mol. The highest BCUT2D eigenvalue weighted by atomic mass is 16.9. The Morgan fingerprint density at radius 1 is 0.964 bits per heavy atom. The number of likely N-dealkylation sites (tertiary alicyclic amines) is 1. The number of carbonyl (C=O) groups excluding carboxylic acids is 3. The molecule has 0 bridgehead atoms. The van der Waals surface area contributed by atoms with Crippen LogP contribution in [0.2, 0.25) is 0 Å². The second-order valence-electron chi connectivity index (χ2n) is 14.9. The number of esters is 1. The fourth-order valence-corrected chi connectivity index (χ4v) is 6.61. The molecule has 15 heteroatoms. The van der Waals surface area contributed by atoms with Gasteiger partial charge in [-0.2, -0.15) is 0 Å². The number of hydrogen-bond acceptors (Lipinski definition) is 12. The minimum absolute atomic E-state index is 0.0358. The number of nitrogens with one attached hydrogen (secondary N) is 1. The first kappa shape index (κ1) is 44.9. The Hall–Kier alpha value is -4.47. The zero-order chi connectivity index (χ0) is 40.5. The Bertz CT molecular complexity index is 1510. The van der Waals surface area contributed by atoms with E-state index in [1.165, 1.54) is 24.3 Å². The molecule has 0 spiro atoms. The van der Waals surface area contributed by atoms with Gasteiger partial charge in [-0.25, -0.2) is 4.79 Å². The van der Waals surface area contributed by atoms with Gasteiger partial charge in [0.05, 0.1) is 25.4 Å². The quantitative estimate of drug-likeness (QED) is 0.0626. The summed E-state index contributed by atoms with van der Waals surface area (Å²) in [4.78, 5) is 55.0. The van der Waals surface area contributed by atoms with Crippen LogP contribution in [0.25, 0.3) is 0 Å². The molecule has 2 aromatic rings. The summed E-state index contributed by atoms with van der Waals surface area (Å²) in [5, 5.41) is 23.9. The number of nitrogens with zero attached hydrogens (tertiary/aromatic N) is 2. The third-order valence-corrected chi connectivity index (χ3v) is 10.2. The molecule has 4 N–H and O–H groups in total. The minimum atomic E-state index is -0.899. The zero-order valence-corrected chi connectivity index (χ0v) is 33.1. The highest BCUT2D eigenvalue weighted by molar-refractivity contribution is 5.91. The van der Waals surface area contributed by atoms with Crippen molar-refractivity contribution in [1.82, 2.24) is 10.2 Å². The summed E-state index contributed by atoms with van der Waals surface area (Å²) in [5.74, 6) is 0.151. The van der Waals surface area contributed by atoms with E-state index < -0.39 is 35.7 Å². The van der Waals surface area contributed by atoms with Crippen LogP contribution >= 0.6 is 0 Å². The maximum atomic E-state index is 13.5. The summed E-state index contributed by atoms with van der Waals surface area (Å²) in [7, 11) is 3.27. The van der Waals surface area contributed by atoms with Gasteiger partial charge in [0.25, 0.3) is 11.0 Å². The lowest BCUT2D eigenvalue weighted by Crippen LogP contribution is -2.50. The van der Waals surface area contributed by atoms with Gasteiger partial charge in [0.15, 0.2) is 18.1 Å². The van der Waals surface area contributed by atoms with E-state index in [0.717, 1.165) is 18.4 Å². The van der Waals surface area contributed by atoms with Crippen LogP contribution < -0.4 is 20.5 Å². The summed E-state index contributed by atoms with van der Waals surface area (Å²) in [6.45, 7) is 9.42. The van der Waals surface area contributed by atoms with E-state index in [2.05, 4.69) is 24.0 Å². The predicted molar refractivity (Wildman–Crippen MR) is 205 cm³/mol. The molecule has 0 aromatic heterocycles. The number of nitrogens with two attached hydrogens (primary N) is 1. The molecule has 1 heterocycles. The van der Waals surface area contributed by atoms with Crippen molar-refractivity contribution in [2.75, 3.05) is 47.1 Å². The number of rotatable bonds is 23. The number of piperidine rings is 1. The van der Waals surface area contributed by atoms with Crippen molar-refractivity contribution in [3.8, 4) is 11.5 Å². The van der Waals surface area contributed by atoms with Crippen LogP contribution in [-0.2, 0) is 36.9 Å². The maximum absolute atomic E-state index is 13.5. The van der Waals surface area contributed by atoms with Crippen LogP contribution in [0.5, 0.6) is 11.5 Å². The second kappa shape index (κ2) is 22.8. The number of ether oxygens (including phenoxy) is 4. The molecule has 55 heavy (non-hydrogen) atoms. The highest BCUT2D eigenvalue weighted by Crippen LogP contribution is 2.32. The summed E-state index contributed by atoms with van der Waals surface area (Å²) in [6, 6.07) is 11.2. The number of aliphatic hydroxyl groups is 1. The van der Waals surface area contributed by atoms with Crippen molar-refractivity contribution >= 4 is 17.8 Å². The third-order valence-electron chi connectivity index (χ3n) is 10.2. The summed E-state index contributed by atoms with van der Waals surface area (Å²) < 4.78 is 21.8. The molecule has 3 rings (SSSR count). The van der Waals surface area contributed by atoms with Gasteiger partial charge in [-0.1, -0.05) is 45.9 Å². The predicted octanol–water partition coefficient (Wildman–Crippen LogP) is 4.34. The standard InChI is InChI=1S/C40H60N4O11/c1-26(2)31(20-29-10-13-36(52-6)37(21-29)53-19-7-18-51-5)22-34(41)35(45)23-33(27(3)4)39(47)42-32-14-16-43(17-15-32)38(46)25-54-40(48)30-11-8-28(9-12-30)24-55-44(49)50/h8-13,21,26-27,31-35,45H,7,14-20,22-25,41H2,1-6H3,(H,42,47)/t31-,33-,34-,35-/m0/s1. The molecule has 306 valence electrons. The largest absolute Gasteiger partial charge is 0.493 e. The average Bonchev–Trinajstić information content (AvgIpc) is 3.16. The Balaban J connectivity index is 1.47. The molecular weight excluding hydrogens is 712 g/mol. The van der Waals surface area contributed by atoms with Gasteiger partial charge < -0.3 is 44.8 Å². The first-order valence-corrected chi connectivity index (χ1v) is 19.1. The molecular formula is C40H60N4O11. The fraction of sp³-hybridized carbons (Fsp3) is 0.625. The third kappa shape index (κ3) is 14.9. The van der Waals surface area contributed by atoms with Crippen LogP contribution in [-0.4, -0.2) is 98.2 Å². The van der Waals surface area contributed by atoms with Crippen molar-refractivity contribution in [2.24, 2.45) is 29.4 Å². The molecule has 1 fully saturated rings. The second-order valence-corrected chi connectivity index (χ2v) is 14.9. The van der Waals surface area contributed by atoms with E-state index in [1.807, 2.05) is 32.0 Å². The maximum Gasteiger partial charge on any atom is 0.338 e. The van der Waals surface area contributed by atoms with Crippen molar-refractivity contribution in [2.45, 2.75) is 91.0 Å². The average molecular weight is 773 g/mol. The lowest BCUT2D eigenvalue weighted by molar-refractivity contribution is -0.763. The number of amides is 2. The molecule has 0 aliphatic carbocycles. The van der Waals surface area contributed by atoms with E-state index in [4.69, 9.17) is 24.7 Å². The van der Waals surface area contributed by atoms with Crippen molar-refractivity contribution in [1.29, 1.82) is 0 Å². The summed E-state index contributed by atoms with van der Waals surface area (Å²) >= 11 is 0. The molecule has 2 amide bonds. The van der Waals surface area contributed by atoms with Gasteiger partial charge in [0.1, 0.15) is 6.61 Å². The number of carbonyl (C=O) groups is 3. The molecule has 1 aliphatic rings. The van der Waals surface area contributed by atoms with E-state index in [9.17, 15) is 29.6 Å². The number of benzene rings is 2. The summed E-state index contributed by atoms with van der Waals surface area (Å²) in [6.07, 6.45) is 2.51. The number of methoxy groups -OCH3 is 2. The normalized spacial score (nSPS) is 15.6. The first-order chi connectivity index (χ1) is 26.2. The summed E-state index contributed by atoms with van der Waals surface area (Å²) in [5.41, 5.74) is 8.42. The van der Waals surface area contributed by atoms with Gasteiger partial charge in [-0.3, -0.25) is 9.59 Å². The lowest BCUT2D eigenvalue weighted by atomic mass is 9.80. The Morgan fingerprint density at radius 3 is 2.24 bits per heavy atom. The Kier molecular flexibility index (Phi) is 18.6. The van der Waals surface area contributed by atoms with Gasteiger partial charge in [0, 0.05) is 51.2 Å². The van der Waals surface area contributed by atoms with Crippen molar-refractivity contribution in [3.05, 3.63) is 69.3 Å². The Labute approximate surface area is 324 Å². The van der Waals surface area contributed by atoms with E-state index in [0.29, 0.717) is 68.5 Å². The van der Waals surface area contributed by atoms with Crippen LogP contribution in [0.4, 0.5) is 0 Å². The lowest BCUT2D eigenvalue weighted by Gasteiger charge is -2.34. The molecule has 4 atom stereocenters.